The Morgan fingerprint density at radius 1 is 1.11 bits per heavy atom. The van der Waals surface area contributed by atoms with Crippen LogP contribution in [0, 0.1) is 0 Å². The Balaban J connectivity index is 1.40. The molecule has 0 saturated heterocycles. The van der Waals surface area contributed by atoms with Crippen molar-refractivity contribution in [2.24, 2.45) is 0 Å². The van der Waals surface area contributed by atoms with Crippen molar-refractivity contribution in [2.75, 3.05) is 11.1 Å². The Labute approximate surface area is 166 Å². The Hall–Kier alpha value is -3.13. The van der Waals surface area contributed by atoms with E-state index in [4.69, 9.17) is 0 Å². The van der Waals surface area contributed by atoms with Crippen LogP contribution >= 0.6 is 11.8 Å². The molecule has 2 heterocycles. The van der Waals surface area contributed by atoms with Crippen LogP contribution in [0.1, 0.15) is 19.9 Å². The van der Waals surface area contributed by atoms with Crippen molar-refractivity contribution in [1.29, 1.82) is 0 Å². The van der Waals surface area contributed by atoms with E-state index in [0.29, 0.717) is 0 Å². The van der Waals surface area contributed by atoms with Crippen molar-refractivity contribution in [2.45, 2.75) is 25.0 Å². The molecule has 0 aliphatic heterocycles. The van der Waals surface area contributed by atoms with Crippen LogP contribution in [0.15, 0.2) is 66.3 Å². The number of amides is 1. The molecule has 8 heteroatoms. The Morgan fingerprint density at radius 3 is 2.68 bits per heavy atom. The number of thioether (sulfide) groups is 1. The van der Waals surface area contributed by atoms with E-state index < -0.39 is 0 Å². The van der Waals surface area contributed by atoms with Crippen LogP contribution in [-0.2, 0) is 4.79 Å². The summed E-state index contributed by atoms with van der Waals surface area (Å²) in [4.78, 5) is 16.7. The number of nitrogens with zero attached hydrogens (tertiary/aromatic N) is 5. The molecule has 0 unspecified atom stereocenters. The first kappa shape index (κ1) is 18.2. The lowest BCUT2D eigenvalue weighted by Crippen LogP contribution is -2.14. The van der Waals surface area contributed by atoms with Crippen LogP contribution in [0.25, 0.3) is 16.7 Å². The molecule has 2 aromatic heterocycles. The molecule has 0 aliphatic rings. The summed E-state index contributed by atoms with van der Waals surface area (Å²) in [5, 5.41) is 11.6. The SMILES string of the molecule is CC(C)n1cnnc1SCC(=O)Nc1ccc(-n2cnc3ccccc32)cc1. The highest BCUT2D eigenvalue weighted by Gasteiger charge is 2.11. The van der Waals surface area contributed by atoms with Gasteiger partial charge in [-0.2, -0.15) is 0 Å². The Bertz CT molecular complexity index is 1100. The molecule has 142 valence electrons. The molecule has 0 fully saturated rings. The second-order valence-corrected chi connectivity index (χ2v) is 7.54. The van der Waals surface area contributed by atoms with Gasteiger partial charge in [-0.3, -0.25) is 9.36 Å². The molecular formula is C20H20N6OS. The van der Waals surface area contributed by atoms with Gasteiger partial charge >= 0.3 is 0 Å². The highest BCUT2D eigenvalue weighted by atomic mass is 32.2. The quantitative estimate of drug-likeness (QED) is 0.503. The smallest absolute Gasteiger partial charge is 0.234 e. The maximum atomic E-state index is 12.3. The zero-order valence-electron chi connectivity index (χ0n) is 15.6. The number of nitrogens with one attached hydrogen (secondary N) is 1. The van der Waals surface area contributed by atoms with Gasteiger partial charge in [-0.25, -0.2) is 4.98 Å². The van der Waals surface area contributed by atoms with Crippen molar-refractivity contribution in [1.82, 2.24) is 24.3 Å². The minimum atomic E-state index is -0.0795. The topological polar surface area (TPSA) is 77.6 Å². The zero-order valence-corrected chi connectivity index (χ0v) is 16.4. The van der Waals surface area contributed by atoms with Crippen LogP contribution in [0.3, 0.4) is 0 Å². The van der Waals surface area contributed by atoms with Gasteiger partial charge < -0.3 is 9.88 Å². The summed E-state index contributed by atoms with van der Waals surface area (Å²) in [5.74, 6) is 0.198. The normalized spacial score (nSPS) is 11.2. The van der Waals surface area contributed by atoms with E-state index >= 15 is 0 Å². The molecule has 0 saturated carbocycles. The lowest BCUT2D eigenvalue weighted by molar-refractivity contribution is -0.113. The fourth-order valence-electron chi connectivity index (χ4n) is 2.89. The van der Waals surface area contributed by atoms with Gasteiger partial charge in [0.1, 0.15) is 12.7 Å². The van der Waals surface area contributed by atoms with Crippen molar-refractivity contribution < 1.29 is 4.79 Å². The number of imidazole rings is 1. The van der Waals surface area contributed by atoms with Gasteiger partial charge in [-0.15, -0.1) is 10.2 Å². The van der Waals surface area contributed by atoms with Crippen molar-refractivity contribution in [3.8, 4) is 5.69 Å². The van der Waals surface area contributed by atoms with Gasteiger partial charge in [0, 0.05) is 17.4 Å². The summed E-state index contributed by atoms with van der Waals surface area (Å²) in [5.41, 5.74) is 3.74. The third-order valence-corrected chi connectivity index (χ3v) is 5.27. The molecule has 0 spiro atoms. The van der Waals surface area contributed by atoms with Crippen molar-refractivity contribution in [3.05, 3.63) is 61.2 Å². The van der Waals surface area contributed by atoms with E-state index in [2.05, 4.69) is 34.3 Å². The highest BCUT2D eigenvalue weighted by Crippen LogP contribution is 2.21. The number of carbonyl (C=O) groups excluding carboxylic acids is 1. The number of fused-ring (bicyclic) bond motifs is 1. The maximum absolute atomic E-state index is 12.3. The summed E-state index contributed by atoms with van der Waals surface area (Å²) in [6.07, 6.45) is 3.49. The average Bonchev–Trinajstić information content (AvgIpc) is 3.34. The van der Waals surface area contributed by atoms with Crippen molar-refractivity contribution in [3.63, 3.8) is 0 Å². The largest absolute Gasteiger partial charge is 0.325 e. The highest BCUT2D eigenvalue weighted by molar-refractivity contribution is 7.99. The molecular weight excluding hydrogens is 372 g/mol. The van der Waals surface area contributed by atoms with E-state index in [0.717, 1.165) is 27.6 Å². The zero-order chi connectivity index (χ0) is 19.5. The van der Waals surface area contributed by atoms with E-state index in [-0.39, 0.29) is 17.7 Å². The molecule has 0 aliphatic carbocycles. The summed E-state index contributed by atoms with van der Waals surface area (Å²) in [6, 6.07) is 16.0. The molecule has 4 aromatic rings. The van der Waals surface area contributed by atoms with Crippen molar-refractivity contribution >= 4 is 34.4 Å². The standard InChI is InChI=1S/C20H20N6OS/c1-14(2)25-13-22-24-20(25)28-11-19(27)23-15-7-9-16(10-8-15)26-12-21-17-5-3-4-6-18(17)26/h3-10,12-14H,11H2,1-2H3,(H,23,27). The second kappa shape index (κ2) is 7.85. The fourth-order valence-corrected chi connectivity index (χ4v) is 3.73. The van der Waals surface area contributed by atoms with Crippen LogP contribution in [-0.4, -0.2) is 36.0 Å². The lowest BCUT2D eigenvalue weighted by atomic mass is 10.2. The number of carbonyl (C=O) groups is 1. The molecule has 7 nitrogen and oxygen atoms in total. The number of anilines is 1. The number of hydrogen-bond acceptors (Lipinski definition) is 5. The first-order chi connectivity index (χ1) is 13.6. The van der Waals surface area contributed by atoms with Gasteiger partial charge in [-0.05, 0) is 50.2 Å². The molecule has 4 rings (SSSR count). The molecule has 28 heavy (non-hydrogen) atoms. The Morgan fingerprint density at radius 2 is 1.89 bits per heavy atom. The third-order valence-electron chi connectivity index (χ3n) is 4.31. The van der Waals surface area contributed by atoms with E-state index in [9.17, 15) is 4.79 Å². The summed E-state index contributed by atoms with van der Waals surface area (Å²) in [7, 11) is 0. The molecule has 0 bridgehead atoms. The maximum Gasteiger partial charge on any atom is 0.234 e. The van der Waals surface area contributed by atoms with E-state index in [1.165, 1.54) is 11.8 Å². The first-order valence-electron chi connectivity index (χ1n) is 8.96. The predicted octanol–water partition coefficient (Wildman–Crippen LogP) is 3.93. The van der Waals surface area contributed by atoms with Crippen LogP contribution < -0.4 is 5.32 Å². The van der Waals surface area contributed by atoms with E-state index in [1.807, 2.05) is 57.7 Å². The molecule has 0 radical (unpaired) electrons. The minimum Gasteiger partial charge on any atom is -0.325 e. The monoisotopic (exact) mass is 392 g/mol. The summed E-state index contributed by atoms with van der Waals surface area (Å²) < 4.78 is 3.97. The van der Waals surface area contributed by atoms with Gasteiger partial charge in [0.15, 0.2) is 5.16 Å². The number of benzene rings is 2. The van der Waals surface area contributed by atoms with E-state index in [1.54, 1.807) is 12.7 Å². The molecule has 1 N–H and O–H groups in total. The fraction of sp³-hybridized carbons (Fsp3) is 0.200. The van der Waals surface area contributed by atoms with Gasteiger partial charge in [-0.1, -0.05) is 23.9 Å². The Kier molecular flexibility index (Phi) is 5.12. The number of para-hydroxylation sites is 2. The van der Waals surface area contributed by atoms with Crippen LogP contribution in [0.4, 0.5) is 5.69 Å². The van der Waals surface area contributed by atoms with Crippen LogP contribution in [0.5, 0.6) is 0 Å². The minimum absolute atomic E-state index is 0.0795. The second-order valence-electron chi connectivity index (χ2n) is 6.60. The predicted molar refractivity (Wildman–Crippen MR) is 111 cm³/mol. The molecule has 0 atom stereocenters. The molecule has 1 amide bonds. The summed E-state index contributed by atoms with van der Waals surface area (Å²) in [6.45, 7) is 4.11. The number of rotatable bonds is 6. The lowest BCUT2D eigenvalue weighted by Gasteiger charge is -2.10. The average molecular weight is 392 g/mol. The number of aromatic nitrogens is 5. The van der Waals surface area contributed by atoms with Gasteiger partial charge in [0.05, 0.1) is 16.8 Å². The van der Waals surface area contributed by atoms with Gasteiger partial charge in [0.25, 0.3) is 0 Å². The number of hydrogen-bond donors (Lipinski definition) is 1. The molecule has 2 aromatic carbocycles. The van der Waals surface area contributed by atoms with Crippen LogP contribution in [0.2, 0.25) is 0 Å². The third kappa shape index (κ3) is 3.77. The first-order valence-corrected chi connectivity index (χ1v) is 9.95. The van der Waals surface area contributed by atoms with Gasteiger partial charge in [0.2, 0.25) is 5.91 Å². The summed E-state index contributed by atoms with van der Waals surface area (Å²) >= 11 is 1.38.